The molecule has 2 atom stereocenters. The van der Waals surface area contributed by atoms with Crippen LogP contribution in [0.3, 0.4) is 0 Å². The number of morpholine rings is 1. The fourth-order valence-corrected chi connectivity index (χ4v) is 5.99. The number of aromatic nitrogens is 4. The molecule has 0 radical (unpaired) electrons. The summed E-state index contributed by atoms with van der Waals surface area (Å²) in [5.41, 5.74) is 0.783. The Morgan fingerprint density at radius 2 is 1.65 bits per heavy atom. The second kappa shape index (κ2) is 9.22. The summed E-state index contributed by atoms with van der Waals surface area (Å²) >= 11 is 11.5. The molecule has 2 aliphatic heterocycles. The van der Waals surface area contributed by atoms with Gasteiger partial charge in [-0.2, -0.15) is 21.7 Å². The lowest BCUT2D eigenvalue weighted by atomic mass is 10.3. The van der Waals surface area contributed by atoms with Crippen LogP contribution < -0.4 is 0 Å². The van der Waals surface area contributed by atoms with Crippen LogP contribution in [0.2, 0.25) is 5.02 Å². The highest BCUT2D eigenvalue weighted by Crippen LogP contribution is 2.19. The van der Waals surface area contributed by atoms with Crippen molar-refractivity contribution in [2.45, 2.75) is 32.7 Å². The number of nitrogens with zero attached hydrogens (tertiary/aromatic N) is 7. The number of benzene rings is 1. The van der Waals surface area contributed by atoms with Crippen molar-refractivity contribution in [1.29, 1.82) is 0 Å². The van der Waals surface area contributed by atoms with Gasteiger partial charge in [0.15, 0.2) is 0 Å². The Bertz CT molecular complexity index is 1050. The molecule has 3 heterocycles. The van der Waals surface area contributed by atoms with Gasteiger partial charge in [-0.05, 0) is 60.8 Å². The van der Waals surface area contributed by atoms with Gasteiger partial charge in [-0.15, -0.1) is 0 Å². The summed E-state index contributed by atoms with van der Waals surface area (Å²) in [5.74, 6) is 0. The molecule has 0 spiro atoms. The average molecular weight is 488 g/mol. The van der Waals surface area contributed by atoms with Crippen LogP contribution in [0, 0.1) is 4.77 Å². The first-order chi connectivity index (χ1) is 14.7. The molecular formula is C18H26ClN7O3S2. The lowest BCUT2D eigenvalue weighted by Crippen LogP contribution is -2.57. The molecule has 2 saturated heterocycles. The van der Waals surface area contributed by atoms with E-state index < -0.39 is 10.2 Å². The number of hydrogen-bond acceptors (Lipinski definition) is 7. The van der Waals surface area contributed by atoms with Crippen LogP contribution in [0.4, 0.5) is 0 Å². The third-order valence-corrected chi connectivity index (χ3v) is 8.02. The van der Waals surface area contributed by atoms with Crippen LogP contribution in [-0.2, 0) is 21.6 Å². The van der Waals surface area contributed by atoms with Gasteiger partial charge in [0.2, 0.25) is 4.77 Å². The smallest absolute Gasteiger partial charge is 0.282 e. The molecule has 0 unspecified atom stereocenters. The van der Waals surface area contributed by atoms with Gasteiger partial charge in [0.25, 0.3) is 10.2 Å². The van der Waals surface area contributed by atoms with Crippen LogP contribution in [-0.4, -0.2) is 93.2 Å². The Morgan fingerprint density at radius 1 is 1.03 bits per heavy atom. The summed E-state index contributed by atoms with van der Waals surface area (Å²) in [5, 5.41) is 8.94. The summed E-state index contributed by atoms with van der Waals surface area (Å²) < 4.78 is 38.5. The molecule has 2 aliphatic rings. The topological polar surface area (TPSA) is 88.7 Å². The summed E-state index contributed by atoms with van der Waals surface area (Å²) in [4.78, 5) is 2.12. The third kappa shape index (κ3) is 5.00. The normalized spacial score (nSPS) is 24.5. The molecule has 170 valence electrons. The quantitative estimate of drug-likeness (QED) is 0.588. The van der Waals surface area contributed by atoms with Crippen molar-refractivity contribution in [2.24, 2.45) is 0 Å². The van der Waals surface area contributed by atoms with Crippen LogP contribution in [0.1, 0.15) is 13.8 Å². The van der Waals surface area contributed by atoms with E-state index >= 15 is 0 Å². The van der Waals surface area contributed by atoms with Crippen LogP contribution >= 0.6 is 23.8 Å². The molecule has 0 bridgehead atoms. The minimum Gasteiger partial charge on any atom is -0.373 e. The highest BCUT2D eigenvalue weighted by atomic mass is 35.5. The van der Waals surface area contributed by atoms with E-state index in [2.05, 4.69) is 15.3 Å². The molecule has 0 aliphatic carbocycles. The van der Waals surface area contributed by atoms with Gasteiger partial charge in [0.1, 0.15) is 0 Å². The fraction of sp³-hybridized carbons (Fsp3) is 0.611. The molecule has 0 N–H and O–H groups in total. The Labute approximate surface area is 192 Å². The van der Waals surface area contributed by atoms with Crippen molar-refractivity contribution >= 4 is 34.0 Å². The summed E-state index contributed by atoms with van der Waals surface area (Å²) in [6.45, 7) is 7.03. The van der Waals surface area contributed by atoms with Crippen molar-refractivity contribution in [3.8, 4) is 5.69 Å². The maximum atomic E-state index is 13.1. The first-order valence-corrected chi connectivity index (χ1v) is 12.3. The minimum absolute atomic E-state index is 0.107. The molecule has 1 aromatic heterocycles. The van der Waals surface area contributed by atoms with Crippen molar-refractivity contribution in [2.75, 3.05) is 39.3 Å². The number of rotatable bonds is 5. The maximum absolute atomic E-state index is 13.1. The lowest BCUT2D eigenvalue weighted by Gasteiger charge is -2.40. The van der Waals surface area contributed by atoms with E-state index in [0.29, 0.717) is 55.7 Å². The monoisotopic (exact) mass is 487 g/mol. The predicted octanol–water partition coefficient (Wildman–Crippen LogP) is 1.38. The molecule has 10 nitrogen and oxygen atoms in total. The molecule has 31 heavy (non-hydrogen) atoms. The van der Waals surface area contributed by atoms with Crippen molar-refractivity contribution < 1.29 is 13.2 Å². The zero-order valence-corrected chi connectivity index (χ0v) is 19.9. The number of hydrogen-bond donors (Lipinski definition) is 0. The van der Waals surface area contributed by atoms with Gasteiger partial charge < -0.3 is 4.74 Å². The fourth-order valence-electron chi connectivity index (χ4n) is 3.88. The molecule has 0 amide bonds. The van der Waals surface area contributed by atoms with Gasteiger partial charge in [-0.1, -0.05) is 11.6 Å². The average Bonchev–Trinajstić information content (AvgIpc) is 3.08. The van der Waals surface area contributed by atoms with Crippen molar-refractivity contribution in [1.82, 2.24) is 33.3 Å². The van der Waals surface area contributed by atoms with E-state index in [0.717, 1.165) is 5.69 Å². The second-order valence-corrected chi connectivity index (χ2v) is 10.6. The molecule has 1 aromatic carbocycles. The van der Waals surface area contributed by atoms with E-state index in [1.807, 2.05) is 26.0 Å². The molecule has 2 aromatic rings. The highest BCUT2D eigenvalue weighted by Gasteiger charge is 2.36. The first kappa shape index (κ1) is 22.8. The molecule has 13 heteroatoms. The first-order valence-electron chi connectivity index (χ1n) is 10.2. The van der Waals surface area contributed by atoms with E-state index in [1.54, 1.807) is 25.8 Å². The Kier molecular flexibility index (Phi) is 6.77. The van der Waals surface area contributed by atoms with Gasteiger partial charge in [0.05, 0.1) is 24.6 Å². The van der Waals surface area contributed by atoms with Crippen LogP contribution in [0.15, 0.2) is 24.3 Å². The Hall–Kier alpha value is -1.41. The van der Waals surface area contributed by atoms with Gasteiger partial charge in [0, 0.05) is 44.3 Å². The molecular weight excluding hydrogens is 462 g/mol. The largest absolute Gasteiger partial charge is 0.373 e. The van der Waals surface area contributed by atoms with E-state index in [4.69, 9.17) is 28.6 Å². The number of ether oxygens (including phenoxy) is 1. The van der Waals surface area contributed by atoms with Crippen LogP contribution in [0.5, 0.6) is 0 Å². The van der Waals surface area contributed by atoms with Gasteiger partial charge in [-0.25, -0.2) is 4.68 Å². The highest BCUT2D eigenvalue weighted by molar-refractivity contribution is 7.86. The summed E-state index contributed by atoms with van der Waals surface area (Å²) in [6.07, 6.45) is -0.213. The molecule has 2 fully saturated rings. The molecule has 0 saturated carbocycles. The van der Waals surface area contributed by atoms with Crippen molar-refractivity contribution in [3.63, 3.8) is 0 Å². The summed E-state index contributed by atoms with van der Waals surface area (Å²) in [6, 6.07) is 7.20. The Morgan fingerprint density at radius 3 is 2.26 bits per heavy atom. The SMILES string of the molecule is C[C@@H]1CN(S(=O)(=O)N2CCN(Cn3nnn(-c4ccc(Cl)cc4)c3=S)CC2)C[C@@H](C)O1. The van der Waals surface area contributed by atoms with Crippen molar-refractivity contribution in [3.05, 3.63) is 34.1 Å². The Balaban J connectivity index is 1.37. The third-order valence-electron chi connectivity index (χ3n) is 5.41. The zero-order chi connectivity index (χ0) is 22.2. The maximum Gasteiger partial charge on any atom is 0.282 e. The standard InChI is InChI=1S/C18H26ClN7O3S2/c1-14-11-24(12-15(2)29-14)31(27,28)23-9-7-22(8-10-23)13-25-18(30)26(21-20-25)17-5-3-16(19)4-6-17/h3-6,14-15H,7-13H2,1-2H3/t14-,15-/m1/s1. The van der Waals surface area contributed by atoms with E-state index in [-0.39, 0.29) is 12.2 Å². The number of piperazine rings is 1. The van der Waals surface area contributed by atoms with E-state index in [1.165, 1.54) is 4.31 Å². The van der Waals surface area contributed by atoms with Crippen LogP contribution in [0.25, 0.3) is 5.69 Å². The second-order valence-electron chi connectivity index (χ2n) is 7.89. The van der Waals surface area contributed by atoms with Gasteiger partial charge >= 0.3 is 0 Å². The van der Waals surface area contributed by atoms with Gasteiger partial charge in [-0.3, -0.25) is 4.90 Å². The predicted molar refractivity (Wildman–Crippen MR) is 119 cm³/mol. The number of halogens is 1. The van der Waals surface area contributed by atoms with E-state index in [9.17, 15) is 8.42 Å². The zero-order valence-electron chi connectivity index (χ0n) is 17.5. The lowest BCUT2D eigenvalue weighted by molar-refractivity contribution is -0.0458. The number of tetrazole rings is 1. The summed E-state index contributed by atoms with van der Waals surface area (Å²) in [7, 11) is -3.50. The minimum atomic E-state index is -3.50. The molecule has 4 rings (SSSR count).